The average Bonchev–Trinajstić information content (AvgIpc) is 2.77. The Kier molecular flexibility index (Phi) is 7.01. The van der Waals surface area contributed by atoms with Gasteiger partial charge in [0, 0.05) is 19.2 Å². The molecule has 2 unspecified atom stereocenters. The summed E-state index contributed by atoms with van der Waals surface area (Å²) < 4.78 is 5.61. The summed E-state index contributed by atoms with van der Waals surface area (Å²) in [6.07, 6.45) is 5.55. The first-order valence-corrected chi connectivity index (χ1v) is 6.76. The Bertz CT molecular complexity index is 169. The third-order valence-electron chi connectivity index (χ3n) is 3.35. The van der Waals surface area contributed by atoms with E-state index in [4.69, 9.17) is 4.74 Å². The summed E-state index contributed by atoms with van der Waals surface area (Å²) in [6.45, 7) is 8.83. The Morgan fingerprint density at radius 1 is 1.50 bits per heavy atom. The highest BCUT2D eigenvalue weighted by Gasteiger charge is 2.14. The maximum absolute atomic E-state index is 5.61. The van der Waals surface area contributed by atoms with Gasteiger partial charge in [0.25, 0.3) is 0 Å². The molecular weight excluding hydrogens is 200 g/mol. The lowest BCUT2D eigenvalue weighted by molar-refractivity contribution is 0.102. The van der Waals surface area contributed by atoms with E-state index in [1.807, 2.05) is 0 Å². The molecule has 1 fully saturated rings. The SMILES string of the molecule is CCN(C)CC(C)NCCCC1CCCO1. The molecule has 0 aromatic carbocycles. The van der Waals surface area contributed by atoms with Crippen LogP contribution >= 0.6 is 0 Å². The van der Waals surface area contributed by atoms with Gasteiger partial charge >= 0.3 is 0 Å². The van der Waals surface area contributed by atoms with E-state index >= 15 is 0 Å². The van der Waals surface area contributed by atoms with E-state index in [-0.39, 0.29) is 0 Å². The predicted molar refractivity (Wildman–Crippen MR) is 68.8 cm³/mol. The minimum Gasteiger partial charge on any atom is -0.378 e. The number of hydrogen-bond donors (Lipinski definition) is 1. The van der Waals surface area contributed by atoms with Crippen LogP contribution in [0.5, 0.6) is 0 Å². The summed E-state index contributed by atoms with van der Waals surface area (Å²) in [5, 5.41) is 3.57. The number of nitrogens with zero attached hydrogens (tertiary/aromatic N) is 1. The minimum absolute atomic E-state index is 0.551. The molecule has 0 bridgehead atoms. The summed E-state index contributed by atoms with van der Waals surface area (Å²) >= 11 is 0. The molecule has 1 rings (SSSR count). The molecule has 1 heterocycles. The van der Waals surface area contributed by atoms with Crippen LogP contribution in [0, 0.1) is 0 Å². The van der Waals surface area contributed by atoms with E-state index in [1.165, 1.54) is 25.7 Å². The fourth-order valence-corrected chi connectivity index (χ4v) is 2.21. The van der Waals surface area contributed by atoms with Gasteiger partial charge in [0.2, 0.25) is 0 Å². The predicted octanol–water partition coefficient (Wildman–Crippen LogP) is 1.88. The third kappa shape index (κ3) is 5.83. The lowest BCUT2D eigenvalue weighted by Gasteiger charge is -2.21. The van der Waals surface area contributed by atoms with Gasteiger partial charge in [0.05, 0.1) is 6.10 Å². The summed E-state index contributed by atoms with van der Waals surface area (Å²) in [5.74, 6) is 0. The first-order chi connectivity index (χ1) is 7.72. The number of rotatable bonds is 8. The Morgan fingerprint density at radius 2 is 2.31 bits per heavy atom. The van der Waals surface area contributed by atoms with Crippen LogP contribution in [0.1, 0.15) is 39.5 Å². The molecule has 0 aromatic rings. The van der Waals surface area contributed by atoms with Gasteiger partial charge in [0.15, 0.2) is 0 Å². The molecule has 1 aliphatic rings. The van der Waals surface area contributed by atoms with E-state index < -0.39 is 0 Å². The monoisotopic (exact) mass is 228 g/mol. The topological polar surface area (TPSA) is 24.5 Å². The molecule has 3 heteroatoms. The first kappa shape index (κ1) is 13.9. The molecule has 1 saturated heterocycles. The van der Waals surface area contributed by atoms with Gasteiger partial charge in [-0.3, -0.25) is 0 Å². The standard InChI is InChI=1S/C13H28N2O/c1-4-15(3)11-12(2)14-9-5-7-13-8-6-10-16-13/h12-14H,4-11H2,1-3H3. The molecule has 0 aromatic heterocycles. The maximum Gasteiger partial charge on any atom is 0.0576 e. The van der Waals surface area contributed by atoms with Crippen molar-refractivity contribution in [3.8, 4) is 0 Å². The molecular formula is C13H28N2O. The van der Waals surface area contributed by atoms with Crippen LogP contribution in [0.25, 0.3) is 0 Å². The van der Waals surface area contributed by atoms with Gasteiger partial charge in [-0.2, -0.15) is 0 Å². The molecule has 0 aliphatic carbocycles. The van der Waals surface area contributed by atoms with E-state index in [1.54, 1.807) is 0 Å². The van der Waals surface area contributed by atoms with Crippen molar-refractivity contribution >= 4 is 0 Å². The van der Waals surface area contributed by atoms with Crippen LogP contribution < -0.4 is 5.32 Å². The van der Waals surface area contributed by atoms with Crippen molar-refractivity contribution < 1.29 is 4.74 Å². The maximum atomic E-state index is 5.61. The minimum atomic E-state index is 0.551. The molecule has 96 valence electrons. The lowest BCUT2D eigenvalue weighted by Crippen LogP contribution is -2.37. The molecule has 1 aliphatic heterocycles. The first-order valence-electron chi connectivity index (χ1n) is 6.76. The van der Waals surface area contributed by atoms with Gasteiger partial charge in [-0.25, -0.2) is 0 Å². The summed E-state index contributed by atoms with van der Waals surface area (Å²) in [6, 6.07) is 0.592. The fraction of sp³-hybridized carbons (Fsp3) is 1.00. The molecule has 0 saturated carbocycles. The average molecular weight is 228 g/mol. The van der Waals surface area contributed by atoms with E-state index in [0.29, 0.717) is 12.1 Å². The van der Waals surface area contributed by atoms with Crippen molar-refractivity contribution in [1.29, 1.82) is 0 Å². The largest absolute Gasteiger partial charge is 0.378 e. The second kappa shape index (κ2) is 8.04. The summed E-state index contributed by atoms with van der Waals surface area (Å²) in [5.41, 5.74) is 0. The molecule has 16 heavy (non-hydrogen) atoms. The van der Waals surface area contributed by atoms with Gasteiger partial charge in [0.1, 0.15) is 0 Å². The van der Waals surface area contributed by atoms with E-state index in [0.717, 1.165) is 26.2 Å². The zero-order chi connectivity index (χ0) is 11.8. The van der Waals surface area contributed by atoms with E-state index in [9.17, 15) is 0 Å². The second-order valence-corrected chi connectivity index (χ2v) is 4.99. The quantitative estimate of drug-likeness (QED) is 0.642. The highest BCUT2D eigenvalue weighted by Crippen LogP contribution is 2.16. The van der Waals surface area contributed by atoms with Crippen molar-refractivity contribution in [3.63, 3.8) is 0 Å². The second-order valence-electron chi connectivity index (χ2n) is 4.99. The smallest absolute Gasteiger partial charge is 0.0576 e. The zero-order valence-corrected chi connectivity index (χ0v) is 11.2. The Morgan fingerprint density at radius 3 is 2.94 bits per heavy atom. The van der Waals surface area contributed by atoms with Gasteiger partial charge in [-0.05, 0) is 52.7 Å². The number of hydrogen-bond acceptors (Lipinski definition) is 3. The molecule has 3 nitrogen and oxygen atoms in total. The van der Waals surface area contributed by atoms with Crippen molar-refractivity contribution in [2.75, 3.05) is 33.3 Å². The van der Waals surface area contributed by atoms with Crippen LogP contribution in [0.3, 0.4) is 0 Å². The van der Waals surface area contributed by atoms with Crippen molar-refractivity contribution in [3.05, 3.63) is 0 Å². The molecule has 0 radical (unpaired) electrons. The van der Waals surface area contributed by atoms with Crippen molar-refractivity contribution in [2.24, 2.45) is 0 Å². The third-order valence-corrected chi connectivity index (χ3v) is 3.35. The summed E-state index contributed by atoms with van der Waals surface area (Å²) in [7, 11) is 2.17. The zero-order valence-electron chi connectivity index (χ0n) is 11.2. The molecule has 0 amide bonds. The van der Waals surface area contributed by atoms with E-state index in [2.05, 4.69) is 31.1 Å². The number of nitrogens with one attached hydrogen (secondary N) is 1. The fourth-order valence-electron chi connectivity index (χ4n) is 2.21. The highest BCUT2D eigenvalue weighted by molar-refractivity contribution is 4.68. The lowest BCUT2D eigenvalue weighted by atomic mass is 10.1. The van der Waals surface area contributed by atoms with Crippen molar-refractivity contribution in [2.45, 2.75) is 51.7 Å². The normalized spacial score (nSPS) is 22.9. The van der Waals surface area contributed by atoms with Crippen LogP contribution in [0.2, 0.25) is 0 Å². The number of likely N-dealkylation sites (N-methyl/N-ethyl adjacent to an activating group) is 1. The van der Waals surface area contributed by atoms with Crippen molar-refractivity contribution in [1.82, 2.24) is 10.2 Å². The van der Waals surface area contributed by atoms with Gasteiger partial charge in [-0.1, -0.05) is 6.92 Å². The van der Waals surface area contributed by atoms with Crippen LogP contribution in [-0.2, 0) is 4.74 Å². The molecule has 0 spiro atoms. The van der Waals surface area contributed by atoms with Crippen LogP contribution in [-0.4, -0.2) is 50.3 Å². The molecule has 1 N–H and O–H groups in total. The Hall–Kier alpha value is -0.120. The highest BCUT2D eigenvalue weighted by atomic mass is 16.5. The van der Waals surface area contributed by atoms with Crippen LogP contribution in [0.15, 0.2) is 0 Å². The number of ether oxygens (including phenoxy) is 1. The molecule has 2 atom stereocenters. The Balaban J connectivity index is 1.93. The summed E-state index contributed by atoms with van der Waals surface area (Å²) in [4.78, 5) is 2.34. The van der Waals surface area contributed by atoms with Gasteiger partial charge in [-0.15, -0.1) is 0 Å². The van der Waals surface area contributed by atoms with Crippen LogP contribution in [0.4, 0.5) is 0 Å². The Labute approximate surface area is 101 Å². The van der Waals surface area contributed by atoms with Gasteiger partial charge < -0.3 is 15.0 Å².